The molecule has 0 aliphatic heterocycles. The third-order valence-corrected chi connectivity index (χ3v) is 3.57. The van der Waals surface area contributed by atoms with E-state index in [1.54, 1.807) is 43.4 Å². The minimum absolute atomic E-state index is 0.337. The summed E-state index contributed by atoms with van der Waals surface area (Å²) >= 11 is 9.25. The number of anilines is 2. The Labute approximate surface area is 135 Å². The summed E-state index contributed by atoms with van der Waals surface area (Å²) in [6.07, 6.45) is 0. The van der Waals surface area contributed by atoms with Crippen LogP contribution in [0.3, 0.4) is 0 Å². The second kappa shape index (κ2) is 6.61. The van der Waals surface area contributed by atoms with Crippen LogP contribution in [0, 0.1) is 11.3 Å². The molecule has 0 unspecified atom stereocenters. The molecule has 0 saturated heterocycles. The van der Waals surface area contributed by atoms with Crippen LogP contribution in [-0.2, 0) is 0 Å². The highest BCUT2D eigenvalue weighted by atomic mass is 79.9. The van der Waals surface area contributed by atoms with Crippen LogP contribution in [0.1, 0.15) is 15.9 Å². The fourth-order valence-corrected chi connectivity index (χ4v) is 2.36. The highest BCUT2D eigenvalue weighted by Crippen LogP contribution is 2.24. The zero-order chi connectivity index (χ0) is 15.4. The number of carbonyl (C=O) groups is 1. The van der Waals surface area contributed by atoms with Crippen LogP contribution < -0.4 is 10.6 Å². The fraction of sp³-hybridized carbons (Fsp3) is 0.0667. The van der Waals surface area contributed by atoms with Gasteiger partial charge >= 0.3 is 0 Å². The first-order valence-electron chi connectivity index (χ1n) is 6.03. The monoisotopic (exact) mass is 363 g/mol. The van der Waals surface area contributed by atoms with Gasteiger partial charge in [0.05, 0.1) is 16.8 Å². The van der Waals surface area contributed by atoms with Crippen LogP contribution in [-0.4, -0.2) is 13.0 Å². The Morgan fingerprint density at radius 2 is 2.00 bits per heavy atom. The van der Waals surface area contributed by atoms with Crippen molar-refractivity contribution in [3.05, 3.63) is 57.0 Å². The lowest BCUT2D eigenvalue weighted by Gasteiger charge is -2.11. The van der Waals surface area contributed by atoms with Crippen molar-refractivity contribution in [2.24, 2.45) is 0 Å². The molecule has 4 nitrogen and oxygen atoms in total. The van der Waals surface area contributed by atoms with Gasteiger partial charge in [-0.15, -0.1) is 0 Å². The number of hydrogen-bond donors (Lipinski definition) is 2. The molecule has 2 N–H and O–H groups in total. The Bertz CT molecular complexity index is 740. The molecule has 0 bridgehead atoms. The van der Waals surface area contributed by atoms with Crippen molar-refractivity contribution in [1.82, 2.24) is 0 Å². The van der Waals surface area contributed by atoms with Crippen LogP contribution in [0.15, 0.2) is 40.9 Å². The van der Waals surface area contributed by atoms with Gasteiger partial charge in [0.25, 0.3) is 5.91 Å². The number of benzene rings is 2. The summed E-state index contributed by atoms with van der Waals surface area (Å²) in [5.74, 6) is -0.337. The molecular formula is C15H11BrClN3O. The van der Waals surface area contributed by atoms with Crippen molar-refractivity contribution < 1.29 is 4.79 Å². The van der Waals surface area contributed by atoms with E-state index in [1.165, 1.54) is 0 Å². The van der Waals surface area contributed by atoms with Crippen molar-refractivity contribution in [2.75, 3.05) is 17.7 Å². The quantitative estimate of drug-likeness (QED) is 0.855. The van der Waals surface area contributed by atoms with Gasteiger partial charge < -0.3 is 10.6 Å². The van der Waals surface area contributed by atoms with E-state index in [2.05, 4.69) is 26.6 Å². The maximum Gasteiger partial charge on any atom is 0.257 e. The fourth-order valence-electron chi connectivity index (χ4n) is 1.83. The zero-order valence-electron chi connectivity index (χ0n) is 11.1. The number of nitriles is 1. The smallest absolute Gasteiger partial charge is 0.257 e. The maximum absolute atomic E-state index is 12.4. The second-order valence-electron chi connectivity index (χ2n) is 4.20. The lowest BCUT2D eigenvalue weighted by atomic mass is 10.1. The molecule has 6 heteroatoms. The normalized spacial score (nSPS) is 9.81. The first-order valence-corrected chi connectivity index (χ1v) is 7.20. The number of hydrogen-bond acceptors (Lipinski definition) is 3. The number of nitrogens with one attached hydrogen (secondary N) is 2. The van der Waals surface area contributed by atoms with Gasteiger partial charge in [-0.25, -0.2) is 0 Å². The Morgan fingerprint density at radius 3 is 2.67 bits per heavy atom. The number of amides is 1. The Kier molecular flexibility index (Phi) is 4.84. The average molecular weight is 365 g/mol. The topological polar surface area (TPSA) is 64.9 Å². The van der Waals surface area contributed by atoms with E-state index in [0.717, 1.165) is 4.47 Å². The number of nitrogens with zero attached hydrogens (tertiary/aromatic N) is 1. The van der Waals surface area contributed by atoms with Gasteiger partial charge in [-0.2, -0.15) is 5.26 Å². The van der Waals surface area contributed by atoms with Crippen LogP contribution in [0.25, 0.3) is 0 Å². The third-order valence-electron chi connectivity index (χ3n) is 2.85. The third kappa shape index (κ3) is 3.54. The molecule has 0 aliphatic carbocycles. The lowest BCUT2D eigenvalue weighted by molar-refractivity contribution is 0.102. The summed E-state index contributed by atoms with van der Waals surface area (Å²) in [4.78, 5) is 12.4. The Balaban J connectivity index is 2.37. The molecule has 0 aromatic heterocycles. The second-order valence-corrected chi connectivity index (χ2v) is 5.55. The van der Waals surface area contributed by atoms with Crippen molar-refractivity contribution in [3.8, 4) is 6.07 Å². The predicted octanol–water partition coefficient (Wildman–Crippen LogP) is 4.27. The van der Waals surface area contributed by atoms with E-state index in [-0.39, 0.29) is 5.91 Å². The SMILES string of the molecule is CNc1ccc(Cl)cc1C(=O)Nc1cc(Br)ccc1C#N. The highest BCUT2D eigenvalue weighted by molar-refractivity contribution is 9.10. The summed E-state index contributed by atoms with van der Waals surface area (Å²) in [5.41, 5.74) is 1.90. The summed E-state index contributed by atoms with van der Waals surface area (Å²) < 4.78 is 0.775. The lowest BCUT2D eigenvalue weighted by Crippen LogP contribution is -2.15. The largest absolute Gasteiger partial charge is 0.387 e. The standard InChI is InChI=1S/C15H11BrClN3O/c1-19-13-5-4-11(17)7-12(13)15(21)20-14-6-10(16)3-2-9(14)8-18/h2-7,19H,1H3,(H,20,21). The Morgan fingerprint density at radius 1 is 1.24 bits per heavy atom. The van der Waals surface area contributed by atoms with E-state index < -0.39 is 0 Å². The summed E-state index contributed by atoms with van der Waals surface area (Å²) in [7, 11) is 1.72. The van der Waals surface area contributed by atoms with Crippen LogP contribution in [0.5, 0.6) is 0 Å². The molecule has 0 heterocycles. The van der Waals surface area contributed by atoms with E-state index in [4.69, 9.17) is 16.9 Å². The minimum atomic E-state index is -0.337. The molecular weight excluding hydrogens is 354 g/mol. The van der Waals surface area contributed by atoms with Crippen LogP contribution >= 0.6 is 27.5 Å². The molecule has 0 fully saturated rings. The van der Waals surface area contributed by atoms with Crippen molar-refractivity contribution in [1.29, 1.82) is 5.26 Å². The predicted molar refractivity (Wildman–Crippen MR) is 87.8 cm³/mol. The van der Waals surface area contributed by atoms with Gasteiger partial charge in [-0.05, 0) is 36.4 Å². The number of rotatable bonds is 3. The number of carbonyl (C=O) groups excluding carboxylic acids is 1. The van der Waals surface area contributed by atoms with E-state index in [9.17, 15) is 4.79 Å². The van der Waals surface area contributed by atoms with Gasteiger partial charge in [-0.3, -0.25) is 4.79 Å². The summed E-state index contributed by atoms with van der Waals surface area (Å²) in [6.45, 7) is 0. The zero-order valence-corrected chi connectivity index (χ0v) is 13.4. The van der Waals surface area contributed by atoms with Crippen molar-refractivity contribution >= 4 is 44.8 Å². The molecule has 1 amide bonds. The van der Waals surface area contributed by atoms with Crippen LogP contribution in [0.4, 0.5) is 11.4 Å². The first kappa shape index (κ1) is 15.4. The maximum atomic E-state index is 12.4. The van der Waals surface area contributed by atoms with Crippen molar-refractivity contribution in [2.45, 2.75) is 0 Å². The van der Waals surface area contributed by atoms with E-state index >= 15 is 0 Å². The van der Waals surface area contributed by atoms with E-state index in [1.807, 2.05) is 6.07 Å². The Hall–Kier alpha value is -2.03. The van der Waals surface area contributed by atoms with Gasteiger partial charge in [0.15, 0.2) is 0 Å². The summed E-state index contributed by atoms with van der Waals surface area (Å²) in [5, 5.41) is 15.2. The number of halogens is 2. The first-order chi connectivity index (χ1) is 10.0. The molecule has 0 atom stereocenters. The van der Waals surface area contributed by atoms with Gasteiger partial charge in [0.1, 0.15) is 6.07 Å². The summed E-state index contributed by atoms with van der Waals surface area (Å²) in [6, 6.07) is 12.1. The minimum Gasteiger partial charge on any atom is -0.387 e. The molecule has 106 valence electrons. The molecule has 0 aliphatic rings. The molecule has 2 aromatic carbocycles. The highest BCUT2D eigenvalue weighted by Gasteiger charge is 2.14. The molecule has 0 radical (unpaired) electrons. The molecule has 21 heavy (non-hydrogen) atoms. The van der Waals surface area contributed by atoms with Gasteiger partial charge in [-0.1, -0.05) is 27.5 Å². The van der Waals surface area contributed by atoms with Crippen molar-refractivity contribution in [3.63, 3.8) is 0 Å². The molecule has 0 spiro atoms. The van der Waals surface area contributed by atoms with Crippen LogP contribution in [0.2, 0.25) is 5.02 Å². The average Bonchev–Trinajstić information content (AvgIpc) is 2.47. The van der Waals surface area contributed by atoms with Gasteiger partial charge in [0, 0.05) is 22.2 Å². The molecule has 0 saturated carbocycles. The molecule has 2 rings (SSSR count). The molecule has 2 aromatic rings. The van der Waals surface area contributed by atoms with E-state index in [0.29, 0.717) is 27.5 Å². The van der Waals surface area contributed by atoms with Gasteiger partial charge in [0.2, 0.25) is 0 Å².